The van der Waals surface area contributed by atoms with Gasteiger partial charge >= 0.3 is 0 Å². The lowest BCUT2D eigenvalue weighted by Gasteiger charge is -2.29. The quantitative estimate of drug-likeness (QED) is 0.812. The van der Waals surface area contributed by atoms with Crippen molar-refractivity contribution in [2.45, 2.75) is 32.2 Å². The monoisotopic (exact) mass is 277 g/mol. The highest BCUT2D eigenvalue weighted by atomic mass is 16.5. The van der Waals surface area contributed by atoms with E-state index in [-0.39, 0.29) is 0 Å². The molecule has 4 nitrogen and oxygen atoms in total. The first kappa shape index (κ1) is 15.0. The third-order valence-corrected chi connectivity index (χ3v) is 3.74. The van der Waals surface area contributed by atoms with E-state index in [1.807, 2.05) is 6.07 Å². The number of ether oxygens (including phenoxy) is 1. The summed E-state index contributed by atoms with van der Waals surface area (Å²) in [7, 11) is 4.27. The molecule has 0 radical (unpaired) electrons. The average molecular weight is 277 g/mol. The van der Waals surface area contributed by atoms with Gasteiger partial charge in [-0.3, -0.25) is 0 Å². The maximum atomic E-state index is 5.99. The number of likely N-dealkylation sites (N-methyl/N-ethyl adjacent to an activating group) is 1. The molecule has 1 aliphatic heterocycles. The van der Waals surface area contributed by atoms with Crippen molar-refractivity contribution in [1.82, 2.24) is 4.90 Å². The van der Waals surface area contributed by atoms with E-state index >= 15 is 0 Å². The van der Waals surface area contributed by atoms with E-state index in [4.69, 9.17) is 10.5 Å². The lowest BCUT2D eigenvalue weighted by molar-refractivity contribution is 0.319. The van der Waals surface area contributed by atoms with Crippen molar-refractivity contribution in [3.8, 4) is 5.75 Å². The van der Waals surface area contributed by atoms with Gasteiger partial charge in [0.15, 0.2) is 0 Å². The predicted molar refractivity (Wildman–Crippen MR) is 85.6 cm³/mol. The van der Waals surface area contributed by atoms with Crippen LogP contribution in [0, 0.1) is 0 Å². The fourth-order valence-electron chi connectivity index (χ4n) is 2.83. The van der Waals surface area contributed by atoms with Crippen LogP contribution in [0.4, 0.5) is 11.4 Å². The van der Waals surface area contributed by atoms with Gasteiger partial charge in [0.05, 0.1) is 12.3 Å². The van der Waals surface area contributed by atoms with Crippen molar-refractivity contribution >= 4 is 11.4 Å². The molecule has 1 heterocycles. The Kier molecular flexibility index (Phi) is 5.12. The van der Waals surface area contributed by atoms with E-state index < -0.39 is 0 Å². The van der Waals surface area contributed by atoms with E-state index in [1.54, 1.807) is 0 Å². The second-order valence-corrected chi connectivity index (χ2v) is 5.82. The van der Waals surface area contributed by atoms with Gasteiger partial charge in [-0.1, -0.05) is 6.92 Å². The fraction of sp³-hybridized carbons (Fsp3) is 0.625. The number of nitrogens with zero attached hydrogens (tertiary/aromatic N) is 2. The zero-order valence-corrected chi connectivity index (χ0v) is 12.9. The Bertz CT molecular complexity index is 434. The van der Waals surface area contributed by atoms with Crippen LogP contribution in [0.15, 0.2) is 18.2 Å². The van der Waals surface area contributed by atoms with Gasteiger partial charge in [0.2, 0.25) is 0 Å². The lowest BCUT2D eigenvalue weighted by atomic mass is 10.2. The summed E-state index contributed by atoms with van der Waals surface area (Å²) < 4.78 is 5.74. The summed E-state index contributed by atoms with van der Waals surface area (Å²) in [6.07, 6.45) is 3.51. The molecule has 0 spiro atoms. The molecule has 0 aliphatic carbocycles. The Balaban J connectivity index is 2.14. The maximum Gasteiger partial charge on any atom is 0.144 e. The molecule has 1 saturated heterocycles. The molecule has 2 N–H and O–H groups in total. The Hall–Kier alpha value is -1.42. The standard InChI is InChI=1S/C16H27N3O/c1-4-10-20-16-11-13(7-8-15(16)17)19-9-5-6-14(19)12-18(2)3/h7-8,11,14H,4-6,9-10,12,17H2,1-3H3. The highest BCUT2D eigenvalue weighted by Crippen LogP contribution is 2.32. The first-order chi connectivity index (χ1) is 9.61. The zero-order valence-electron chi connectivity index (χ0n) is 12.9. The van der Waals surface area contributed by atoms with Crippen LogP contribution in [0.1, 0.15) is 26.2 Å². The smallest absolute Gasteiger partial charge is 0.144 e. The number of nitrogens with two attached hydrogens (primary N) is 1. The summed E-state index contributed by atoms with van der Waals surface area (Å²) >= 11 is 0. The third-order valence-electron chi connectivity index (χ3n) is 3.74. The Morgan fingerprint density at radius 3 is 2.90 bits per heavy atom. The van der Waals surface area contributed by atoms with Crippen LogP contribution in [0.25, 0.3) is 0 Å². The highest BCUT2D eigenvalue weighted by molar-refractivity contribution is 5.63. The normalized spacial score (nSPS) is 18.8. The van der Waals surface area contributed by atoms with Crippen LogP contribution >= 0.6 is 0 Å². The summed E-state index contributed by atoms with van der Waals surface area (Å²) in [5.41, 5.74) is 7.95. The van der Waals surface area contributed by atoms with E-state index in [0.29, 0.717) is 6.04 Å². The highest BCUT2D eigenvalue weighted by Gasteiger charge is 2.25. The molecule has 2 rings (SSSR count). The molecule has 4 heteroatoms. The van der Waals surface area contributed by atoms with E-state index in [2.05, 4.69) is 43.0 Å². The summed E-state index contributed by atoms with van der Waals surface area (Å²) in [4.78, 5) is 4.74. The molecular weight excluding hydrogens is 250 g/mol. The van der Waals surface area contributed by atoms with Crippen LogP contribution in [-0.2, 0) is 0 Å². The van der Waals surface area contributed by atoms with Crippen molar-refractivity contribution in [2.24, 2.45) is 0 Å². The van der Waals surface area contributed by atoms with Gasteiger partial charge in [0.1, 0.15) is 5.75 Å². The molecule has 1 atom stereocenters. The van der Waals surface area contributed by atoms with Crippen LogP contribution in [0.5, 0.6) is 5.75 Å². The number of hydrogen-bond donors (Lipinski definition) is 1. The number of anilines is 2. The van der Waals surface area contributed by atoms with Gasteiger partial charge in [-0.2, -0.15) is 0 Å². The summed E-state index contributed by atoms with van der Waals surface area (Å²) in [5.74, 6) is 0.819. The van der Waals surface area contributed by atoms with E-state index in [1.165, 1.54) is 18.5 Å². The molecule has 1 aromatic carbocycles. The van der Waals surface area contributed by atoms with Crippen LogP contribution in [-0.4, -0.2) is 44.7 Å². The fourth-order valence-corrected chi connectivity index (χ4v) is 2.83. The van der Waals surface area contributed by atoms with E-state index in [9.17, 15) is 0 Å². The molecule has 112 valence electrons. The second kappa shape index (κ2) is 6.84. The molecule has 1 aliphatic rings. The van der Waals surface area contributed by atoms with Crippen LogP contribution < -0.4 is 15.4 Å². The van der Waals surface area contributed by atoms with Crippen molar-refractivity contribution in [3.63, 3.8) is 0 Å². The Morgan fingerprint density at radius 2 is 2.20 bits per heavy atom. The first-order valence-corrected chi connectivity index (χ1v) is 7.55. The molecule has 0 bridgehead atoms. The summed E-state index contributed by atoms with van der Waals surface area (Å²) in [5, 5.41) is 0. The van der Waals surface area contributed by atoms with Crippen molar-refractivity contribution in [2.75, 3.05) is 44.4 Å². The summed E-state index contributed by atoms with van der Waals surface area (Å²) in [6.45, 7) is 5.04. The van der Waals surface area contributed by atoms with Gasteiger partial charge in [-0.15, -0.1) is 0 Å². The number of benzene rings is 1. The van der Waals surface area contributed by atoms with Gasteiger partial charge in [-0.25, -0.2) is 0 Å². The molecule has 0 aromatic heterocycles. The number of rotatable bonds is 6. The zero-order chi connectivity index (χ0) is 14.5. The van der Waals surface area contributed by atoms with Crippen molar-refractivity contribution < 1.29 is 4.74 Å². The predicted octanol–water partition coefficient (Wildman–Crippen LogP) is 2.59. The molecule has 0 amide bonds. The molecule has 0 saturated carbocycles. The maximum absolute atomic E-state index is 5.99. The minimum atomic E-state index is 0.590. The Morgan fingerprint density at radius 1 is 1.40 bits per heavy atom. The minimum absolute atomic E-state index is 0.590. The van der Waals surface area contributed by atoms with Crippen molar-refractivity contribution in [3.05, 3.63) is 18.2 Å². The number of hydrogen-bond acceptors (Lipinski definition) is 4. The molecular formula is C16H27N3O. The molecule has 1 aromatic rings. The topological polar surface area (TPSA) is 41.7 Å². The molecule has 1 fully saturated rings. The number of nitrogen functional groups attached to an aromatic ring is 1. The van der Waals surface area contributed by atoms with Crippen LogP contribution in [0.2, 0.25) is 0 Å². The third kappa shape index (κ3) is 3.57. The van der Waals surface area contributed by atoms with Gasteiger partial charge in [-0.05, 0) is 45.5 Å². The SMILES string of the molecule is CCCOc1cc(N2CCCC2CN(C)C)ccc1N. The molecule has 20 heavy (non-hydrogen) atoms. The van der Waals surface area contributed by atoms with Crippen LogP contribution in [0.3, 0.4) is 0 Å². The largest absolute Gasteiger partial charge is 0.491 e. The average Bonchev–Trinajstić information content (AvgIpc) is 2.85. The van der Waals surface area contributed by atoms with Crippen molar-refractivity contribution in [1.29, 1.82) is 0 Å². The lowest BCUT2D eigenvalue weighted by Crippen LogP contribution is -2.37. The first-order valence-electron chi connectivity index (χ1n) is 7.55. The second-order valence-electron chi connectivity index (χ2n) is 5.82. The summed E-state index contributed by atoms with van der Waals surface area (Å²) in [6, 6.07) is 6.76. The van der Waals surface area contributed by atoms with Gasteiger partial charge < -0.3 is 20.3 Å². The van der Waals surface area contributed by atoms with Gasteiger partial charge in [0, 0.05) is 30.9 Å². The Labute approximate surface area is 122 Å². The molecule has 1 unspecified atom stereocenters. The minimum Gasteiger partial charge on any atom is -0.491 e. The van der Waals surface area contributed by atoms with Gasteiger partial charge in [0.25, 0.3) is 0 Å². The van der Waals surface area contributed by atoms with E-state index in [0.717, 1.165) is 37.6 Å².